The molecule has 0 saturated carbocycles. The highest BCUT2D eigenvalue weighted by Gasteiger charge is 2.37. The van der Waals surface area contributed by atoms with E-state index >= 15 is 0 Å². The molecule has 1 aliphatic rings. The number of rotatable bonds is 2. The zero-order chi connectivity index (χ0) is 18.0. The Morgan fingerprint density at radius 1 is 1.08 bits per heavy atom. The van der Waals surface area contributed by atoms with Crippen LogP contribution in [-0.4, -0.2) is 41.1 Å². The summed E-state index contributed by atoms with van der Waals surface area (Å²) in [6.07, 6.45) is -3.62. The molecule has 0 N–H and O–H groups in total. The van der Waals surface area contributed by atoms with Gasteiger partial charge in [-0.25, -0.2) is 15.0 Å². The van der Waals surface area contributed by atoms with Crippen LogP contribution in [0.25, 0.3) is 0 Å². The molecule has 0 aromatic carbocycles. The molecule has 0 aliphatic carbocycles. The van der Waals surface area contributed by atoms with Gasteiger partial charge in [0.15, 0.2) is 5.69 Å². The second kappa shape index (κ2) is 6.84. The van der Waals surface area contributed by atoms with Crippen LogP contribution in [0.3, 0.4) is 0 Å². The van der Waals surface area contributed by atoms with Crippen molar-refractivity contribution in [3.05, 3.63) is 40.4 Å². The smallest absolute Gasteiger partial charge is 0.353 e. The summed E-state index contributed by atoms with van der Waals surface area (Å²) in [5.74, 6) is 0.900. The molecular weight excluding hydrogens is 401 g/mol. The van der Waals surface area contributed by atoms with Gasteiger partial charge in [0.05, 0.1) is 4.47 Å². The molecule has 130 valence electrons. The van der Waals surface area contributed by atoms with E-state index in [1.807, 2.05) is 11.0 Å². The molecule has 1 aliphatic heterocycles. The Kier molecular flexibility index (Phi) is 4.76. The van der Waals surface area contributed by atoms with Crippen LogP contribution >= 0.6 is 15.9 Å². The monoisotopic (exact) mass is 412 g/mol. The van der Waals surface area contributed by atoms with E-state index in [1.54, 1.807) is 23.1 Å². The van der Waals surface area contributed by atoms with E-state index in [2.05, 4.69) is 30.9 Å². The fourth-order valence-electron chi connectivity index (χ4n) is 2.59. The molecule has 0 radical (unpaired) electrons. The molecule has 3 heterocycles. The number of hydrogen-bond acceptors (Lipinski definition) is 6. The lowest BCUT2D eigenvalue weighted by molar-refractivity contribution is -0.141. The van der Waals surface area contributed by atoms with Crippen LogP contribution in [0.5, 0.6) is 0 Å². The molecule has 2 aromatic rings. The fourth-order valence-corrected chi connectivity index (χ4v) is 3.27. The minimum Gasteiger partial charge on any atom is -0.353 e. The molecule has 0 atom stereocenters. The highest BCUT2D eigenvalue weighted by atomic mass is 79.9. The summed E-state index contributed by atoms with van der Waals surface area (Å²) < 4.78 is 38.8. The summed E-state index contributed by atoms with van der Waals surface area (Å²) in [6.45, 7) is 2.07. The van der Waals surface area contributed by atoms with Crippen LogP contribution < -0.4 is 9.80 Å². The number of nitrogens with zero attached hydrogens (tertiary/aromatic N) is 6. The van der Waals surface area contributed by atoms with Gasteiger partial charge in [-0.15, -0.1) is 0 Å². The van der Waals surface area contributed by atoms with Crippen molar-refractivity contribution in [3.63, 3.8) is 0 Å². The maximum atomic E-state index is 13.0. The molecule has 25 heavy (non-hydrogen) atoms. The van der Waals surface area contributed by atoms with Crippen molar-refractivity contribution >= 4 is 27.6 Å². The minimum atomic E-state index is -4.54. The first-order valence-corrected chi connectivity index (χ1v) is 8.14. The van der Waals surface area contributed by atoms with E-state index in [-0.39, 0.29) is 10.3 Å². The quantitative estimate of drug-likeness (QED) is 0.755. The Hall–Kier alpha value is -2.41. The number of halogens is 4. The van der Waals surface area contributed by atoms with Crippen molar-refractivity contribution in [3.8, 4) is 6.07 Å². The summed E-state index contributed by atoms with van der Waals surface area (Å²) in [5.41, 5.74) is -0.656. The average molecular weight is 413 g/mol. The Bertz CT molecular complexity index is 812. The third kappa shape index (κ3) is 3.66. The summed E-state index contributed by atoms with van der Waals surface area (Å²) in [6, 6.07) is 7.17. The average Bonchev–Trinajstić information content (AvgIpc) is 2.61. The first kappa shape index (κ1) is 17.4. The van der Waals surface area contributed by atoms with Gasteiger partial charge in [0.25, 0.3) is 0 Å². The van der Waals surface area contributed by atoms with Gasteiger partial charge in [-0.3, -0.25) is 0 Å². The highest BCUT2D eigenvalue weighted by Crippen LogP contribution is 2.37. The van der Waals surface area contributed by atoms with Gasteiger partial charge < -0.3 is 9.80 Å². The number of nitriles is 1. The molecule has 1 fully saturated rings. The Morgan fingerprint density at radius 2 is 1.76 bits per heavy atom. The van der Waals surface area contributed by atoms with Crippen molar-refractivity contribution in [1.82, 2.24) is 15.0 Å². The zero-order valence-electron chi connectivity index (χ0n) is 12.8. The topological polar surface area (TPSA) is 68.9 Å². The van der Waals surface area contributed by atoms with Crippen molar-refractivity contribution < 1.29 is 13.2 Å². The zero-order valence-corrected chi connectivity index (χ0v) is 14.4. The minimum absolute atomic E-state index is 0.152. The SMILES string of the molecule is N#Cc1cccc(N2CCN(c3ncnc(C(F)(F)F)c3Br)CC2)n1. The third-order valence-corrected chi connectivity index (χ3v) is 4.52. The number of pyridine rings is 1. The normalized spacial score (nSPS) is 15.2. The number of anilines is 2. The molecule has 0 unspecified atom stereocenters. The van der Waals surface area contributed by atoms with Crippen LogP contribution in [0, 0.1) is 11.3 Å². The van der Waals surface area contributed by atoms with Gasteiger partial charge in [-0.2, -0.15) is 18.4 Å². The van der Waals surface area contributed by atoms with E-state index in [1.165, 1.54) is 0 Å². The molecular formula is C15H12BrF3N6. The molecule has 0 bridgehead atoms. The summed E-state index contributed by atoms with van der Waals surface area (Å²) in [7, 11) is 0. The van der Waals surface area contributed by atoms with Crippen molar-refractivity contribution in [2.75, 3.05) is 36.0 Å². The maximum absolute atomic E-state index is 13.0. The predicted octanol–water partition coefficient (Wildman–Crippen LogP) is 2.85. The second-order valence-electron chi connectivity index (χ2n) is 5.32. The van der Waals surface area contributed by atoms with Crippen LogP contribution in [0.2, 0.25) is 0 Å². The number of hydrogen-bond donors (Lipinski definition) is 0. The largest absolute Gasteiger partial charge is 0.434 e. The molecule has 6 nitrogen and oxygen atoms in total. The lowest BCUT2D eigenvalue weighted by Gasteiger charge is -2.36. The van der Waals surface area contributed by atoms with E-state index < -0.39 is 11.9 Å². The van der Waals surface area contributed by atoms with Gasteiger partial charge in [0, 0.05) is 26.2 Å². The van der Waals surface area contributed by atoms with Crippen LogP contribution in [0.1, 0.15) is 11.4 Å². The van der Waals surface area contributed by atoms with Gasteiger partial charge >= 0.3 is 6.18 Å². The van der Waals surface area contributed by atoms with Crippen LogP contribution in [0.15, 0.2) is 29.0 Å². The summed E-state index contributed by atoms with van der Waals surface area (Å²) >= 11 is 2.98. The van der Waals surface area contributed by atoms with Crippen molar-refractivity contribution in [1.29, 1.82) is 5.26 Å². The van der Waals surface area contributed by atoms with Gasteiger partial charge in [0.2, 0.25) is 0 Å². The molecule has 0 amide bonds. The summed E-state index contributed by atoms with van der Waals surface area (Å²) in [4.78, 5) is 15.3. The Morgan fingerprint density at radius 3 is 2.40 bits per heavy atom. The summed E-state index contributed by atoms with van der Waals surface area (Å²) in [5, 5.41) is 8.92. The van der Waals surface area contributed by atoms with Crippen molar-refractivity contribution in [2.24, 2.45) is 0 Å². The van der Waals surface area contributed by atoms with E-state index in [0.717, 1.165) is 6.33 Å². The molecule has 1 saturated heterocycles. The first-order chi connectivity index (χ1) is 11.9. The van der Waals surface area contributed by atoms with Gasteiger partial charge in [0.1, 0.15) is 29.7 Å². The lowest BCUT2D eigenvalue weighted by atomic mass is 10.2. The number of aromatic nitrogens is 3. The molecule has 10 heteroatoms. The third-order valence-electron chi connectivity index (χ3n) is 3.79. The van der Waals surface area contributed by atoms with E-state index in [4.69, 9.17) is 5.26 Å². The van der Waals surface area contributed by atoms with Gasteiger partial charge in [-0.05, 0) is 28.1 Å². The molecule has 0 spiro atoms. The fraction of sp³-hybridized carbons (Fsp3) is 0.333. The second-order valence-corrected chi connectivity index (χ2v) is 6.12. The first-order valence-electron chi connectivity index (χ1n) is 7.35. The van der Waals surface area contributed by atoms with Crippen LogP contribution in [-0.2, 0) is 6.18 Å². The van der Waals surface area contributed by atoms with E-state index in [0.29, 0.717) is 37.7 Å². The molecule has 2 aromatic heterocycles. The van der Waals surface area contributed by atoms with Gasteiger partial charge in [-0.1, -0.05) is 6.07 Å². The Labute approximate surface area is 150 Å². The predicted molar refractivity (Wildman–Crippen MR) is 88.1 cm³/mol. The standard InChI is InChI=1S/C15H12BrF3N6/c16-12-13(15(17,18)19)21-9-22-14(12)25-6-4-24(5-7-25)11-3-1-2-10(8-20)23-11/h1-3,9H,4-7H2. The lowest BCUT2D eigenvalue weighted by Crippen LogP contribution is -2.47. The maximum Gasteiger partial charge on any atom is 0.434 e. The molecule has 3 rings (SSSR count). The Balaban J connectivity index is 1.76. The van der Waals surface area contributed by atoms with E-state index in [9.17, 15) is 13.2 Å². The van der Waals surface area contributed by atoms with Crippen molar-refractivity contribution in [2.45, 2.75) is 6.18 Å². The number of alkyl halides is 3. The highest BCUT2D eigenvalue weighted by molar-refractivity contribution is 9.10. The number of piperazine rings is 1. The van der Waals surface area contributed by atoms with Crippen LogP contribution in [0.4, 0.5) is 24.8 Å².